The van der Waals surface area contributed by atoms with Gasteiger partial charge in [-0.05, 0) is 25.1 Å². The van der Waals surface area contributed by atoms with Crippen LogP contribution in [-0.2, 0) is 11.6 Å². The van der Waals surface area contributed by atoms with Gasteiger partial charge in [-0.3, -0.25) is 4.79 Å². The summed E-state index contributed by atoms with van der Waals surface area (Å²) in [4.78, 5) is 11.2. The smallest absolute Gasteiger partial charge is 0.316 e. The number of aromatic nitrogens is 1. The molecular formula is C17H18F3NO. The summed E-state index contributed by atoms with van der Waals surface area (Å²) in [6.45, 7) is 7.38. The molecule has 0 atom stereocenters. The van der Waals surface area contributed by atoms with Gasteiger partial charge >= 0.3 is 6.18 Å². The first-order chi connectivity index (χ1) is 10.1. The topological polar surface area (TPSA) is 22.0 Å². The molecule has 0 aliphatic heterocycles. The molecule has 2 aromatic rings. The fourth-order valence-electron chi connectivity index (χ4n) is 2.52. The van der Waals surface area contributed by atoms with E-state index in [1.807, 2.05) is 20.8 Å². The Morgan fingerprint density at radius 2 is 1.68 bits per heavy atom. The molecule has 22 heavy (non-hydrogen) atoms. The summed E-state index contributed by atoms with van der Waals surface area (Å²) in [6.07, 6.45) is -3.78. The fraction of sp³-hybridized carbons (Fsp3) is 0.353. The molecule has 1 aromatic carbocycles. The molecule has 5 heteroatoms. The number of hydrogen-bond acceptors (Lipinski definition) is 1. The highest BCUT2D eigenvalue weighted by Crippen LogP contribution is 2.37. The first kappa shape index (κ1) is 16.3. The largest absolute Gasteiger partial charge is 0.418 e. The van der Waals surface area contributed by atoms with Crippen LogP contribution in [0, 0.1) is 6.92 Å². The first-order valence-corrected chi connectivity index (χ1v) is 6.92. The van der Waals surface area contributed by atoms with E-state index in [0.29, 0.717) is 23.2 Å². The third-order valence-corrected chi connectivity index (χ3v) is 3.63. The fourth-order valence-corrected chi connectivity index (χ4v) is 2.52. The molecule has 0 saturated heterocycles. The molecule has 0 spiro atoms. The predicted octanol–water partition coefficient (Wildman–Crippen LogP) is 4.91. The molecule has 0 unspecified atom stereocenters. The zero-order valence-electron chi connectivity index (χ0n) is 13.0. The SMILES string of the molecule is Cc1c(C=O)cc(C(C)(C)C)n1-c1ccccc1C(F)(F)F. The Labute approximate surface area is 127 Å². The van der Waals surface area contributed by atoms with Crippen LogP contribution in [0.3, 0.4) is 0 Å². The molecule has 1 heterocycles. The molecule has 0 amide bonds. The van der Waals surface area contributed by atoms with E-state index >= 15 is 0 Å². The van der Waals surface area contributed by atoms with Gasteiger partial charge in [0.1, 0.15) is 0 Å². The minimum Gasteiger partial charge on any atom is -0.316 e. The molecule has 0 saturated carbocycles. The van der Waals surface area contributed by atoms with E-state index in [9.17, 15) is 18.0 Å². The molecule has 2 rings (SSSR count). The van der Waals surface area contributed by atoms with Gasteiger partial charge in [0, 0.05) is 22.4 Å². The molecular weight excluding hydrogens is 291 g/mol. The number of carbonyl (C=O) groups is 1. The van der Waals surface area contributed by atoms with Crippen LogP contribution in [-0.4, -0.2) is 10.9 Å². The number of benzene rings is 1. The summed E-state index contributed by atoms with van der Waals surface area (Å²) in [5.74, 6) is 0. The highest BCUT2D eigenvalue weighted by Gasteiger charge is 2.35. The van der Waals surface area contributed by atoms with E-state index in [0.717, 1.165) is 6.07 Å². The van der Waals surface area contributed by atoms with Gasteiger partial charge in [-0.15, -0.1) is 0 Å². The van der Waals surface area contributed by atoms with Gasteiger partial charge in [-0.1, -0.05) is 32.9 Å². The van der Waals surface area contributed by atoms with Crippen molar-refractivity contribution in [3.8, 4) is 5.69 Å². The average molecular weight is 309 g/mol. The maximum Gasteiger partial charge on any atom is 0.418 e. The van der Waals surface area contributed by atoms with Crippen molar-refractivity contribution in [1.82, 2.24) is 4.57 Å². The predicted molar refractivity (Wildman–Crippen MR) is 79.6 cm³/mol. The van der Waals surface area contributed by atoms with Crippen LogP contribution < -0.4 is 0 Å². The quantitative estimate of drug-likeness (QED) is 0.722. The van der Waals surface area contributed by atoms with E-state index < -0.39 is 17.2 Å². The van der Waals surface area contributed by atoms with Crippen molar-refractivity contribution in [2.45, 2.75) is 39.3 Å². The summed E-state index contributed by atoms with van der Waals surface area (Å²) >= 11 is 0. The Kier molecular flexibility index (Phi) is 3.94. The van der Waals surface area contributed by atoms with Gasteiger partial charge in [0.05, 0.1) is 11.3 Å². The second-order valence-corrected chi connectivity index (χ2v) is 6.29. The molecule has 0 aliphatic rings. The van der Waals surface area contributed by atoms with Crippen LogP contribution in [0.4, 0.5) is 13.2 Å². The van der Waals surface area contributed by atoms with Crippen molar-refractivity contribution in [1.29, 1.82) is 0 Å². The maximum atomic E-state index is 13.3. The number of nitrogens with zero attached hydrogens (tertiary/aromatic N) is 1. The Morgan fingerprint density at radius 1 is 1.09 bits per heavy atom. The van der Waals surface area contributed by atoms with Crippen LogP contribution in [0.25, 0.3) is 5.69 Å². The van der Waals surface area contributed by atoms with Crippen LogP contribution in [0.1, 0.15) is 48.1 Å². The number of alkyl halides is 3. The monoisotopic (exact) mass is 309 g/mol. The lowest BCUT2D eigenvalue weighted by Crippen LogP contribution is -2.20. The van der Waals surface area contributed by atoms with E-state index in [4.69, 9.17) is 0 Å². The molecule has 0 radical (unpaired) electrons. The van der Waals surface area contributed by atoms with E-state index in [1.54, 1.807) is 19.1 Å². The lowest BCUT2D eigenvalue weighted by atomic mass is 9.91. The minimum absolute atomic E-state index is 0.0468. The van der Waals surface area contributed by atoms with Crippen LogP contribution in [0.2, 0.25) is 0 Å². The molecule has 0 N–H and O–H groups in total. The number of halogens is 3. The summed E-state index contributed by atoms with van der Waals surface area (Å²) < 4.78 is 41.4. The Balaban J connectivity index is 2.84. The number of carbonyl (C=O) groups excluding carboxylic acids is 1. The third kappa shape index (κ3) is 2.80. The van der Waals surface area contributed by atoms with Gasteiger partial charge in [0.2, 0.25) is 0 Å². The highest BCUT2D eigenvalue weighted by molar-refractivity contribution is 5.78. The number of para-hydroxylation sites is 1. The van der Waals surface area contributed by atoms with Gasteiger partial charge in [-0.25, -0.2) is 0 Å². The average Bonchev–Trinajstić information content (AvgIpc) is 2.74. The van der Waals surface area contributed by atoms with Gasteiger partial charge in [-0.2, -0.15) is 13.2 Å². The summed E-state index contributed by atoms with van der Waals surface area (Å²) in [5, 5.41) is 0. The number of hydrogen-bond donors (Lipinski definition) is 0. The summed E-state index contributed by atoms with van der Waals surface area (Å²) in [6, 6.07) is 7.08. The highest BCUT2D eigenvalue weighted by atomic mass is 19.4. The first-order valence-electron chi connectivity index (χ1n) is 6.92. The molecule has 118 valence electrons. The molecule has 0 fully saturated rings. The minimum atomic E-state index is -4.45. The zero-order valence-corrected chi connectivity index (χ0v) is 13.0. The van der Waals surface area contributed by atoms with Crippen molar-refractivity contribution in [2.75, 3.05) is 0 Å². The van der Waals surface area contributed by atoms with Crippen LogP contribution in [0.15, 0.2) is 30.3 Å². The summed E-state index contributed by atoms with van der Waals surface area (Å²) in [7, 11) is 0. The van der Waals surface area contributed by atoms with Gasteiger partial charge < -0.3 is 4.57 Å². The Hall–Kier alpha value is -2.04. The van der Waals surface area contributed by atoms with Crippen molar-refractivity contribution in [3.63, 3.8) is 0 Å². The molecule has 0 aliphatic carbocycles. The van der Waals surface area contributed by atoms with Crippen molar-refractivity contribution in [2.24, 2.45) is 0 Å². The van der Waals surface area contributed by atoms with Gasteiger partial charge in [0.25, 0.3) is 0 Å². The normalized spacial score (nSPS) is 12.5. The standard InChI is InChI=1S/C17H18F3NO/c1-11-12(10-22)9-15(16(2,3)4)21(11)14-8-6-5-7-13(14)17(18,19)20/h5-10H,1-4H3. The van der Waals surface area contributed by atoms with Crippen molar-refractivity contribution in [3.05, 3.63) is 52.8 Å². The maximum absolute atomic E-state index is 13.3. The van der Waals surface area contributed by atoms with E-state index in [-0.39, 0.29) is 5.69 Å². The second kappa shape index (κ2) is 5.30. The molecule has 2 nitrogen and oxygen atoms in total. The van der Waals surface area contributed by atoms with Crippen LogP contribution in [0.5, 0.6) is 0 Å². The second-order valence-electron chi connectivity index (χ2n) is 6.29. The van der Waals surface area contributed by atoms with E-state index in [2.05, 4.69) is 0 Å². The zero-order chi connectivity index (χ0) is 16.7. The lowest BCUT2D eigenvalue weighted by Gasteiger charge is -2.24. The van der Waals surface area contributed by atoms with Crippen molar-refractivity contribution < 1.29 is 18.0 Å². The van der Waals surface area contributed by atoms with Gasteiger partial charge in [0.15, 0.2) is 6.29 Å². The summed E-state index contributed by atoms with van der Waals surface area (Å²) in [5.41, 5.74) is 0.523. The number of aldehydes is 1. The van der Waals surface area contributed by atoms with Crippen LogP contribution >= 0.6 is 0 Å². The van der Waals surface area contributed by atoms with E-state index in [1.165, 1.54) is 16.7 Å². The molecule has 1 aromatic heterocycles. The van der Waals surface area contributed by atoms with Crippen molar-refractivity contribution >= 4 is 6.29 Å². The number of rotatable bonds is 2. The Bertz CT molecular complexity index is 706. The lowest BCUT2D eigenvalue weighted by molar-refractivity contribution is -0.137. The third-order valence-electron chi connectivity index (χ3n) is 3.63. The Morgan fingerprint density at radius 3 is 2.18 bits per heavy atom. The molecule has 0 bridgehead atoms.